The second-order valence-corrected chi connectivity index (χ2v) is 5.34. The summed E-state index contributed by atoms with van der Waals surface area (Å²) >= 11 is 1.73. The lowest BCUT2D eigenvalue weighted by Crippen LogP contribution is -2.21. The van der Waals surface area contributed by atoms with Gasteiger partial charge in [0.2, 0.25) is 0 Å². The highest BCUT2D eigenvalue weighted by atomic mass is 32.1. The summed E-state index contributed by atoms with van der Waals surface area (Å²) in [6.45, 7) is 9.03. The maximum Gasteiger partial charge on any atom is 0.134 e. The molecule has 1 unspecified atom stereocenters. The van der Waals surface area contributed by atoms with E-state index in [4.69, 9.17) is 4.74 Å². The van der Waals surface area contributed by atoms with E-state index in [1.165, 1.54) is 0 Å². The van der Waals surface area contributed by atoms with Gasteiger partial charge in [-0.25, -0.2) is 0 Å². The quantitative estimate of drug-likeness (QED) is 0.665. The van der Waals surface area contributed by atoms with Crippen LogP contribution in [0.4, 0.5) is 0 Å². The summed E-state index contributed by atoms with van der Waals surface area (Å²) in [6, 6.07) is 0.364. The number of hydrogen-bond donors (Lipinski definition) is 1. The van der Waals surface area contributed by atoms with Crippen LogP contribution in [0.2, 0.25) is 0 Å². The molecule has 18 heavy (non-hydrogen) atoms. The molecular formula is C13H25N3OS. The van der Waals surface area contributed by atoms with Crippen LogP contribution in [0.5, 0.6) is 0 Å². The highest BCUT2D eigenvalue weighted by molar-refractivity contribution is 7.11. The molecule has 1 heterocycles. The van der Waals surface area contributed by atoms with Crippen molar-refractivity contribution in [1.82, 2.24) is 15.5 Å². The zero-order chi connectivity index (χ0) is 13.2. The van der Waals surface area contributed by atoms with Crippen LogP contribution in [0.1, 0.15) is 56.1 Å². The SMILES string of the molecule is CCCNC(CC)c1nnc(CCCOCC)s1. The third kappa shape index (κ3) is 5.42. The Morgan fingerprint density at radius 3 is 2.78 bits per heavy atom. The summed E-state index contributed by atoms with van der Waals surface area (Å²) in [7, 11) is 0. The number of ether oxygens (including phenoxy) is 1. The van der Waals surface area contributed by atoms with Crippen molar-refractivity contribution in [2.45, 2.75) is 52.5 Å². The van der Waals surface area contributed by atoms with Crippen LogP contribution in [-0.2, 0) is 11.2 Å². The van der Waals surface area contributed by atoms with Crippen LogP contribution in [-0.4, -0.2) is 30.0 Å². The van der Waals surface area contributed by atoms with Crippen molar-refractivity contribution in [3.63, 3.8) is 0 Å². The molecule has 0 aromatic carbocycles. The van der Waals surface area contributed by atoms with Crippen LogP contribution in [0.25, 0.3) is 0 Å². The van der Waals surface area contributed by atoms with Crippen molar-refractivity contribution in [3.8, 4) is 0 Å². The molecule has 0 saturated heterocycles. The number of aryl methyl sites for hydroxylation is 1. The zero-order valence-electron chi connectivity index (χ0n) is 11.7. The Morgan fingerprint density at radius 1 is 1.28 bits per heavy atom. The van der Waals surface area contributed by atoms with E-state index in [1.54, 1.807) is 11.3 Å². The Kier molecular flexibility index (Phi) is 8.13. The minimum atomic E-state index is 0.364. The molecule has 1 atom stereocenters. The molecule has 0 aliphatic heterocycles. The number of nitrogens with one attached hydrogen (secondary N) is 1. The first-order valence-corrected chi connectivity index (χ1v) is 7.76. The molecule has 4 nitrogen and oxygen atoms in total. The second-order valence-electron chi connectivity index (χ2n) is 4.25. The number of rotatable bonds is 10. The summed E-state index contributed by atoms with van der Waals surface area (Å²) in [4.78, 5) is 0. The largest absolute Gasteiger partial charge is 0.382 e. The van der Waals surface area contributed by atoms with Crippen LogP contribution >= 0.6 is 11.3 Å². The minimum Gasteiger partial charge on any atom is -0.382 e. The van der Waals surface area contributed by atoms with Crippen LogP contribution in [0.3, 0.4) is 0 Å². The Labute approximate surface area is 114 Å². The Hall–Kier alpha value is -0.520. The van der Waals surface area contributed by atoms with Crippen molar-refractivity contribution < 1.29 is 4.74 Å². The highest BCUT2D eigenvalue weighted by Crippen LogP contribution is 2.21. The topological polar surface area (TPSA) is 47.0 Å². The number of aromatic nitrogens is 2. The van der Waals surface area contributed by atoms with Crippen molar-refractivity contribution in [2.75, 3.05) is 19.8 Å². The molecular weight excluding hydrogens is 246 g/mol. The summed E-state index contributed by atoms with van der Waals surface area (Å²) in [5.41, 5.74) is 0. The monoisotopic (exact) mass is 271 g/mol. The molecule has 1 rings (SSSR count). The molecule has 0 spiro atoms. The Bertz CT molecular complexity index is 317. The normalized spacial score (nSPS) is 12.8. The predicted molar refractivity (Wildman–Crippen MR) is 76.0 cm³/mol. The molecule has 1 aromatic heterocycles. The molecule has 0 amide bonds. The second kappa shape index (κ2) is 9.42. The number of nitrogens with zero attached hydrogens (tertiary/aromatic N) is 2. The molecule has 0 bridgehead atoms. The van der Waals surface area contributed by atoms with Gasteiger partial charge in [0.05, 0.1) is 6.04 Å². The smallest absolute Gasteiger partial charge is 0.134 e. The standard InChI is InChI=1S/C13H25N3OS/c1-4-9-14-11(5-2)13-16-15-12(18-13)8-7-10-17-6-3/h11,14H,4-10H2,1-3H3. The molecule has 5 heteroatoms. The lowest BCUT2D eigenvalue weighted by Gasteiger charge is -2.12. The first-order valence-electron chi connectivity index (χ1n) is 6.95. The predicted octanol–water partition coefficient (Wildman–Crippen LogP) is 2.96. The summed E-state index contributed by atoms with van der Waals surface area (Å²) in [5.74, 6) is 0. The lowest BCUT2D eigenvalue weighted by molar-refractivity contribution is 0.145. The van der Waals surface area contributed by atoms with Gasteiger partial charge in [-0.1, -0.05) is 25.2 Å². The van der Waals surface area contributed by atoms with E-state index in [0.717, 1.165) is 55.5 Å². The number of hydrogen-bond acceptors (Lipinski definition) is 5. The molecule has 1 N–H and O–H groups in total. The van der Waals surface area contributed by atoms with Crippen molar-refractivity contribution in [1.29, 1.82) is 0 Å². The maximum absolute atomic E-state index is 5.33. The van der Waals surface area contributed by atoms with E-state index in [0.29, 0.717) is 6.04 Å². The highest BCUT2D eigenvalue weighted by Gasteiger charge is 2.13. The molecule has 0 aliphatic rings. The van der Waals surface area contributed by atoms with Gasteiger partial charge in [-0.3, -0.25) is 0 Å². The lowest BCUT2D eigenvalue weighted by atomic mass is 10.2. The van der Waals surface area contributed by atoms with Gasteiger partial charge in [-0.05, 0) is 32.7 Å². The van der Waals surface area contributed by atoms with Gasteiger partial charge in [0, 0.05) is 19.6 Å². The molecule has 1 aromatic rings. The van der Waals surface area contributed by atoms with Gasteiger partial charge in [0.1, 0.15) is 10.0 Å². The summed E-state index contributed by atoms with van der Waals surface area (Å²) in [6.07, 6.45) is 4.22. The van der Waals surface area contributed by atoms with E-state index in [1.807, 2.05) is 6.92 Å². The molecule has 0 saturated carbocycles. The van der Waals surface area contributed by atoms with Crippen LogP contribution in [0.15, 0.2) is 0 Å². The fourth-order valence-corrected chi connectivity index (χ4v) is 2.75. The van der Waals surface area contributed by atoms with Crippen molar-refractivity contribution >= 4 is 11.3 Å². The van der Waals surface area contributed by atoms with Crippen LogP contribution < -0.4 is 5.32 Å². The van der Waals surface area contributed by atoms with Crippen LogP contribution in [0, 0.1) is 0 Å². The van der Waals surface area contributed by atoms with Crippen molar-refractivity contribution in [2.24, 2.45) is 0 Å². The van der Waals surface area contributed by atoms with Gasteiger partial charge >= 0.3 is 0 Å². The van der Waals surface area contributed by atoms with Gasteiger partial charge in [-0.15, -0.1) is 10.2 Å². The average molecular weight is 271 g/mol. The van der Waals surface area contributed by atoms with Gasteiger partial charge < -0.3 is 10.1 Å². The fraction of sp³-hybridized carbons (Fsp3) is 0.846. The zero-order valence-corrected chi connectivity index (χ0v) is 12.6. The Balaban J connectivity index is 2.40. The third-order valence-electron chi connectivity index (χ3n) is 2.71. The van der Waals surface area contributed by atoms with E-state index in [9.17, 15) is 0 Å². The molecule has 0 fully saturated rings. The van der Waals surface area contributed by atoms with E-state index >= 15 is 0 Å². The van der Waals surface area contributed by atoms with Gasteiger partial charge in [0.15, 0.2) is 0 Å². The third-order valence-corrected chi connectivity index (χ3v) is 3.81. The average Bonchev–Trinajstić information content (AvgIpc) is 2.84. The minimum absolute atomic E-state index is 0.364. The Morgan fingerprint density at radius 2 is 2.11 bits per heavy atom. The summed E-state index contributed by atoms with van der Waals surface area (Å²) in [5, 5.41) is 14.3. The fourth-order valence-electron chi connectivity index (χ4n) is 1.70. The van der Waals surface area contributed by atoms with E-state index < -0.39 is 0 Å². The van der Waals surface area contributed by atoms with Crippen molar-refractivity contribution in [3.05, 3.63) is 10.0 Å². The molecule has 0 radical (unpaired) electrons. The first kappa shape index (κ1) is 15.5. The van der Waals surface area contributed by atoms with E-state index in [2.05, 4.69) is 29.4 Å². The van der Waals surface area contributed by atoms with Gasteiger partial charge in [-0.2, -0.15) is 0 Å². The summed E-state index contributed by atoms with van der Waals surface area (Å²) < 4.78 is 5.33. The molecule has 0 aliphatic carbocycles. The van der Waals surface area contributed by atoms with Gasteiger partial charge in [0.25, 0.3) is 0 Å². The first-order chi connectivity index (χ1) is 8.81. The molecule has 104 valence electrons. The van der Waals surface area contributed by atoms with E-state index in [-0.39, 0.29) is 0 Å². The maximum atomic E-state index is 5.33.